The summed E-state index contributed by atoms with van der Waals surface area (Å²) in [5, 5.41) is 2.97. The van der Waals surface area contributed by atoms with Gasteiger partial charge in [0.25, 0.3) is 11.8 Å². The molecule has 29 heavy (non-hydrogen) atoms. The molecule has 0 saturated heterocycles. The number of hydrogen-bond acceptors (Lipinski definition) is 3. The lowest BCUT2D eigenvalue weighted by Crippen LogP contribution is -2.38. The van der Waals surface area contributed by atoms with Gasteiger partial charge in [-0.15, -0.1) is 0 Å². The number of fused-ring (bicyclic) bond motifs is 1. The van der Waals surface area contributed by atoms with Crippen molar-refractivity contribution in [3.05, 3.63) is 59.2 Å². The second-order valence-electron chi connectivity index (χ2n) is 8.68. The van der Waals surface area contributed by atoms with Crippen molar-refractivity contribution in [2.24, 2.45) is 0 Å². The van der Waals surface area contributed by atoms with Crippen molar-refractivity contribution >= 4 is 17.5 Å². The minimum atomic E-state index is -0.0755. The minimum absolute atomic E-state index is 0.0220. The van der Waals surface area contributed by atoms with E-state index in [-0.39, 0.29) is 29.9 Å². The topological polar surface area (TPSA) is 58.6 Å². The largest absolute Gasteiger partial charge is 0.482 e. The van der Waals surface area contributed by atoms with Crippen LogP contribution in [0.15, 0.2) is 42.5 Å². The SMILES string of the molecule is CCC(C)NC(=O)c1ccc(CN2C(=O)COc3ccc(C(C)(C)C)cc32)cc1. The molecule has 3 rings (SSSR count). The monoisotopic (exact) mass is 394 g/mol. The maximum atomic E-state index is 12.6. The summed E-state index contributed by atoms with van der Waals surface area (Å²) in [7, 11) is 0. The van der Waals surface area contributed by atoms with Gasteiger partial charge in [-0.25, -0.2) is 0 Å². The van der Waals surface area contributed by atoms with Gasteiger partial charge in [-0.05, 0) is 54.2 Å². The molecule has 1 unspecified atom stereocenters. The molecule has 1 aliphatic heterocycles. The standard InChI is InChI=1S/C24H30N2O3/c1-6-16(2)25-23(28)18-9-7-17(8-10-18)14-26-20-13-19(24(3,4)5)11-12-21(20)29-15-22(26)27/h7-13,16H,6,14-15H2,1-5H3,(H,25,28). The van der Waals surface area contributed by atoms with Gasteiger partial charge in [-0.1, -0.05) is 45.9 Å². The third-order valence-electron chi connectivity index (χ3n) is 5.31. The molecule has 0 spiro atoms. The second kappa shape index (κ2) is 8.27. The van der Waals surface area contributed by atoms with Crippen LogP contribution in [-0.2, 0) is 16.8 Å². The Morgan fingerprint density at radius 2 is 1.86 bits per heavy atom. The molecule has 5 heteroatoms. The quantitative estimate of drug-likeness (QED) is 0.816. The van der Waals surface area contributed by atoms with Crippen molar-refractivity contribution in [2.75, 3.05) is 11.5 Å². The van der Waals surface area contributed by atoms with Crippen LogP contribution < -0.4 is 15.0 Å². The smallest absolute Gasteiger partial charge is 0.265 e. The average molecular weight is 395 g/mol. The Morgan fingerprint density at radius 3 is 2.48 bits per heavy atom. The number of nitrogens with one attached hydrogen (secondary N) is 1. The summed E-state index contributed by atoms with van der Waals surface area (Å²) in [4.78, 5) is 26.6. The van der Waals surface area contributed by atoms with Crippen molar-refractivity contribution in [3.63, 3.8) is 0 Å². The molecule has 2 amide bonds. The number of ether oxygens (including phenoxy) is 1. The zero-order valence-electron chi connectivity index (χ0n) is 17.9. The molecule has 1 aliphatic rings. The van der Waals surface area contributed by atoms with Gasteiger partial charge in [0.2, 0.25) is 0 Å². The Morgan fingerprint density at radius 1 is 1.17 bits per heavy atom. The van der Waals surface area contributed by atoms with Gasteiger partial charge < -0.3 is 15.0 Å². The lowest BCUT2D eigenvalue weighted by atomic mass is 9.86. The van der Waals surface area contributed by atoms with E-state index in [9.17, 15) is 9.59 Å². The Hall–Kier alpha value is -2.82. The molecular weight excluding hydrogens is 364 g/mol. The number of amides is 2. The van der Waals surface area contributed by atoms with Crippen molar-refractivity contribution in [1.29, 1.82) is 0 Å². The molecule has 0 saturated carbocycles. The van der Waals surface area contributed by atoms with Gasteiger partial charge in [-0.3, -0.25) is 9.59 Å². The zero-order chi connectivity index (χ0) is 21.2. The molecule has 0 bridgehead atoms. The first-order valence-electron chi connectivity index (χ1n) is 10.2. The van der Waals surface area contributed by atoms with Gasteiger partial charge in [0.15, 0.2) is 6.61 Å². The molecule has 154 valence electrons. The summed E-state index contributed by atoms with van der Waals surface area (Å²) in [6.45, 7) is 10.9. The summed E-state index contributed by atoms with van der Waals surface area (Å²) in [5.41, 5.74) is 3.51. The predicted molar refractivity (Wildman–Crippen MR) is 115 cm³/mol. The molecule has 0 radical (unpaired) electrons. The fourth-order valence-corrected chi connectivity index (χ4v) is 3.20. The van der Waals surface area contributed by atoms with Crippen LogP contribution >= 0.6 is 0 Å². The number of benzene rings is 2. The molecule has 0 aliphatic carbocycles. The molecule has 0 aromatic heterocycles. The van der Waals surface area contributed by atoms with Crippen molar-refractivity contribution in [2.45, 2.75) is 59.0 Å². The highest BCUT2D eigenvalue weighted by atomic mass is 16.5. The Balaban J connectivity index is 1.82. The lowest BCUT2D eigenvalue weighted by molar-refractivity contribution is -0.121. The van der Waals surface area contributed by atoms with E-state index in [2.05, 4.69) is 32.2 Å². The Bertz CT molecular complexity index is 897. The molecule has 5 nitrogen and oxygen atoms in total. The fourth-order valence-electron chi connectivity index (χ4n) is 3.20. The number of rotatable bonds is 5. The molecular formula is C24H30N2O3. The van der Waals surface area contributed by atoms with Gasteiger partial charge >= 0.3 is 0 Å². The number of carbonyl (C=O) groups is 2. The predicted octanol–water partition coefficient (Wildman–Crippen LogP) is 4.44. The maximum absolute atomic E-state index is 12.6. The molecule has 1 heterocycles. The van der Waals surface area contributed by atoms with E-state index in [0.29, 0.717) is 12.1 Å². The minimum Gasteiger partial charge on any atom is -0.482 e. The van der Waals surface area contributed by atoms with E-state index < -0.39 is 0 Å². The third kappa shape index (κ3) is 4.78. The number of nitrogens with zero attached hydrogens (tertiary/aromatic N) is 1. The van der Waals surface area contributed by atoms with Crippen molar-refractivity contribution in [1.82, 2.24) is 5.32 Å². The normalized spacial score (nSPS) is 14.8. The van der Waals surface area contributed by atoms with E-state index in [1.807, 2.05) is 50.2 Å². The number of hydrogen-bond donors (Lipinski definition) is 1. The molecule has 0 fully saturated rings. The second-order valence-corrected chi connectivity index (χ2v) is 8.68. The lowest BCUT2D eigenvalue weighted by Gasteiger charge is -2.31. The highest BCUT2D eigenvalue weighted by Crippen LogP contribution is 2.37. The first-order chi connectivity index (χ1) is 13.7. The number of carbonyl (C=O) groups excluding carboxylic acids is 2. The van der Waals surface area contributed by atoms with E-state index in [0.717, 1.165) is 29.0 Å². The van der Waals surface area contributed by atoms with Crippen LogP contribution in [0.3, 0.4) is 0 Å². The van der Waals surface area contributed by atoms with E-state index in [1.165, 1.54) is 0 Å². The summed E-state index contributed by atoms with van der Waals surface area (Å²) in [6.07, 6.45) is 0.888. The summed E-state index contributed by atoms with van der Waals surface area (Å²) in [5.74, 6) is 0.581. The van der Waals surface area contributed by atoms with E-state index in [4.69, 9.17) is 4.74 Å². The number of anilines is 1. The van der Waals surface area contributed by atoms with Gasteiger partial charge in [0.05, 0.1) is 12.2 Å². The molecule has 1 atom stereocenters. The summed E-state index contributed by atoms with van der Waals surface area (Å²) in [6, 6.07) is 13.6. The van der Waals surface area contributed by atoms with Crippen LogP contribution in [0.1, 0.15) is 62.5 Å². The van der Waals surface area contributed by atoms with Crippen LogP contribution in [-0.4, -0.2) is 24.5 Å². The highest BCUT2D eigenvalue weighted by molar-refractivity contribution is 5.98. The summed E-state index contributed by atoms with van der Waals surface area (Å²) < 4.78 is 5.63. The van der Waals surface area contributed by atoms with Crippen LogP contribution in [0.5, 0.6) is 5.75 Å². The average Bonchev–Trinajstić information content (AvgIpc) is 2.69. The first kappa shape index (κ1) is 20.9. The van der Waals surface area contributed by atoms with Gasteiger partial charge in [0.1, 0.15) is 5.75 Å². The van der Waals surface area contributed by atoms with Crippen LogP contribution in [0, 0.1) is 0 Å². The Kier molecular flexibility index (Phi) is 5.96. The van der Waals surface area contributed by atoms with Gasteiger partial charge in [-0.2, -0.15) is 0 Å². The van der Waals surface area contributed by atoms with E-state index in [1.54, 1.807) is 4.90 Å². The van der Waals surface area contributed by atoms with E-state index >= 15 is 0 Å². The molecule has 2 aromatic carbocycles. The molecule has 2 aromatic rings. The first-order valence-corrected chi connectivity index (χ1v) is 10.2. The zero-order valence-corrected chi connectivity index (χ0v) is 17.9. The van der Waals surface area contributed by atoms with Crippen molar-refractivity contribution < 1.29 is 14.3 Å². The third-order valence-corrected chi connectivity index (χ3v) is 5.31. The highest BCUT2D eigenvalue weighted by Gasteiger charge is 2.27. The summed E-state index contributed by atoms with van der Waals surface area (Å²) >= 11 is 0. The maximum Gasteiger partial charge on any atom is 0.265 e. The van der Waals surface area contributed by atoms with Crippen molar-refractivity contribution in [3.8, 4) is 5.75 Å². The molecule has 1 N–H and O–H groups in total. The van der Waals surface area contributed by atoms with Crippen LogP contribution in [0.4, 0.5) is 5.69 Å². The van der Waals surface area contributed by atoms with Gasteiger partial charge in [0, 0.05) is 11.6 Å². The Labute approximate surface area is 173 Å². The van der Waals surface area contributed by atoms with Crippen LogP contribution in [0.25, 0.3) is 0 Å². The van der Waals surface area contributed by atoms with Crippen LogP contribution in [0.2, 0.25) is 0 Å². The fraction of sp³-hybridized carbons (Fsp3) is 0.417.